The quantitative estimate of drug-likeness (QED) is 0.570. The smallest absolute Gasteiger partial charge is 0.252 e. The summed E-state index contributed by atoms with van der Waals surface area (Å²) in [6.45, 7) is 10.1. The Bertz CT molecular complexity index is 776. The summed E-state index contributed by atoms with van der Waals surface area (Å²) in [7, 11) is 0. The summed E-state index contributed by atoms with van der Waals surface area (Å²) >= 11 is 0. The molecule has 2 aromatic rings. The lowest BCUT2D eigenvalue weighted by Gasteiger charge is -2.21. The Hall–Kier alpha value is -2.63. The molecule has 25 heavy (non-hydrogen) atoms. The first-order valence-electron chi connectivity index (χ1n) is 8.76. The molecule has 0 unspecified atom stereocenters. The Morgan fingerprint density at radius 3 is 2.52 bits per heavy atom. The molecule has 2 rings (SSSR count). The lowest BCUT2D eigenvalue weighted by atomic mass is 10.1. The van der Waals surface area contributed by atoms with Gasteiger partial charge in [0.25, 0.3) is 5.56 Å². The summed E-state index contributed by atoms with van der Waals surface area (Å²) in [5.41, 5.74) is 6.69. The van der Waals surface area contributed by atoms with Gasteiger partial charge in [-0.25, -0.2) is 4.98 Å². The normalized spacial score (nSPS) is 11.0. The first-order chi connectivity index (χ1) is 12.0. The van der Waals surface area contributed by atoms with Gasteiger partial charge in [0.2, 0.25) is 5.95 Å². The lowest BCUT2D eigenvalue weighted by Crippen LogP contribution is -2.29. The van der Waals surface area contributed by atoms with Gasteiger partial charge < -0.3 is 4.90 Å². The third-order valence-electron chi connectivity index (χ3n) is 3.93. The molecular weight excluding hydrogens is 314 g/mol. The van der Waals surface area contributed by atoms with E-state index in [1.165, 1.54) is 17.2 Å². The first kappa shape index (κ1) is 18.7. The minimum Gasteiger partial charge on any atom is -0.342 e. The van der Waals surface area contributed by atoms with Gasteiger partial charge in [-0.1, -0.05) is 19.9 Å². The van der Waals surface area contributed by atoms with E-state index >= 15 is 0 Å². The molecule has 1 aromatic carbocycles. The van der Waals surface area contributed by atoms with Crippen molar-refractivity contribution in [3.05, 3.63) is 51.4 Å². The molecule has 0 fully saturated rings. The van der Waals surface area contributed by atoms with Crippen LogP contribution in [0.5, 0.6) is 0 Å². The van der Waals surface area contributed by atoms with Crippen LogP contribution < -0.4 is 15.9 Å². The number of hydrazone groups is 1. The van der Waals surface area contributed by atoms with Crippen LogP contribution in [0, 0.1) is 13.8 Å². The molecular formula is C19H27N5O. The van der Waals surface area contributed by atoms with Crippen LogP contribution >= 0.6 is 0 Å². The van der Waals surface area contributed by atoms with Gasteiger partial charge in [-0.15, -0.1) is 0 Å². The maximum Gasteiger partial charge on any atom is 0.252 e. The van der Waals surface area contributed by atoms with Gasteiger partial charge in [-0.05, 0) is 49.9 Å². The molecule has 0 bridgehead atoms. The van der Waals surface area contributed by atoms with Crippen molar-refractivity contribution in [2.45, 2.75) is 40.5 Å². The van der Waals surface area contributed by atoms with E-state index in [1.54, 1.807) is 6.21 Å². The van der Waals surface area contributed by atoms with E-state index < -0.39 is 0 Å². The van der Waals surface area contributed by atoms with Crippen molar-refractivity contribution in [1.82, 2.24) is 9.97 Å². The van der Waals surface area contributed by atoms with Crippen molar-refractivity contribution in [2.24, 2.45) is 5.10 Å². The minimum atomic E-state index is -0.171. The van der Waals surface area contributed by atoms with Crippen LogP contribution in [0.1, 0.15) is 43.5 Å². The fraction of sp³-hybridized carbons (Fsp3) is 0.421. The topological polar surface area (TPSA) is 73.4 Å². The Balaban J connectivity index is 2.15. The van der Waals surface area contributed by atoms with Gasteiger partial charge in [0, 0.05) is 19.2 Å². The van der Waals surface area contributed by atoms with E-state index in [0.717, 1.165) is 31.6 Å². The van der Waals surface area contributed by atoms with Gasteiger partial charge in [0.1, 0.15) is 0 Å². The highest BCUT2D eigenvalue weighted by Crippen LogP contribution is 2.14. The molecule has 134 valence electrons. The SMILES string of the molecule is CCCN(CCC)c1nc(/C=N/Nc2ccc(C)c(C)c2)cc(=O)[nH]1. The molecule has 0 radical (unpaired) electrons. The molecule has 2 N–H and O–H groups in total. The van der Waals surface area contributed by atoms with Crippen molar-refractivity contribution >= 4 is 17.9 Å². The predicted octanol–water partition coefficient (Wildman–Crippen LogP) is 3.46. The Labute approximate surface area is 149 Å². The van der Waals surface area contributed by atoms with E-state index in [1.807, 2.05) is 18.2 Å². The highest BCUT2D eigenvalue weighted by molar-refractivity contribution is 5.78. The second-order valence-electron chi connectivity index (χ2n) is 6.15. The Morgan fingerprint density at radius 1 is 1.16 bits per heavy atom. The number of aromatic nitrogens is 2. The highest BCUT2D eigenvalue weighted by atomic mass is 16.1. The second kappa shape index (κ2) is 9.01. The molecule has 0 aliphatic rings. The second-order valence-corrected chi connectivity index (χ2v) is 6.15. The number of hydrogen-bond donors (Lipinski definition) is 2. The maximum atomic E-state index is 11.9. The third kappa shape index (κ3) is 5.45. The number of anilines is 2. The number of nitrogens with one attached hydrogen (secondary N) is 2. The van der Waals surface area contributed by atoms with Crippen LogP contribution in [-0.2, 0) is 0 Å². The van der Waals surface area contributed by atoms with Gasteiger partial charge in [0.05, 0.1) is 17.6 Å². The molecule has 1 aromatic heterocycles. The third-order valence-corrected chi connectivity index (χ3v) is 3.93. The average molecular weight is 341 g/mol. The molecule has 0 aliphatic carbocycles. The fourth-order valence-electron chi connectivity index (χ4n) is 2.53. The van der Waals surface area contributed by atoms with Crippen molar-refractivity contribution in [3.8, 4) is 0 Å². The lowest BCUT2D eigenvalue weighted by molar-refractivity contribution is 0.718. The molecule has 0 amide bonds. The molecule has 0 aliphatic heterocycles. The van der Waals surface area contributed by atoms with E-state index in [2.05, 4.69) is 53.1 Å². The zero-order chi connectivity index (χ0) is 18.2. The van der Waals surface area contributed by atoms with Crippen LogP contribution in [0.3, 0.4) is 0 Å². The van der Waals surface area contributed by atoms with Crippen LogP contribution in [0.25, 0.3) is 0 Å². The van der Waals surface area contributed by atoms with E-state index in [-0.39, 0.29) is 5.56 Å². The number of benzene rings is 1. The number of rotatable bonds is 8. The first-order valence-corrected chi connectivity index (χ1v) is 8.76. The number of hydrogen-bond acceptors (Lipinski definition) is 5. The average Bonchev–Trinajstić information content (AvgIpc) is 2.57. The number of nitrogens with zero attached hydrogens (tertiary/aromatic N) is 3. The zero-order valence-corrected chi connectivity index (χ0v) is 15.5. The molecule has 0 atom stereocenters. The molecule has 0 saturated heterocycles. The Kier molecular flexibility index (Phi) is 6.74. The van der Waals surface area contributed by atoms with E-state index in [4.69, 9.17) is 0 Å². The zero-order valence-electron chi connectivity index (χ0n) is 15.5. The van der Waals surface area contributed by atoms with Crippen LogP contribution in [0.15, 0.2) is 34.2 Å². The monoisotopic (exact) mass is 341 g/mol. The summed E-state index contributed by atoms with van der Waals surface area (Å²) in [4.78, 5) is 21.4. The molecule has 6 heteroatoms. The van der Waals surface area contributed by atoms with Crippen molar-refractivity contribution in [3.63, 3.8) is 0 Å². The summed E-state index contributed by atoms with van der Waals surface area (Å²) in [5.74, 6) is 0.601. The van der Waals surface area contributed by atoms with Crippen LogP contribution in [0.2, 0.25) is 0 Å². The van der Waals surface area contributed by atoms with Crippen LogP contribution in [-0.4, -0.2) is 29.3 Å². The Morgan fingerprint density at radius 2 is 1.88 bits per heavy atom. The minimum absolute atomic E-state index is 0.171. The van der Waals surface area contributed by atoms with Crippen molar-refractivity contribution in [1.29, 1.82) is 0 Å². The molecule has 6 nitrogen and oxygen atoms in total. The summed E-state index contributed by atoms with van der Waals surface area (Å²) in [5, 5.41) is 4.21. The number of H-pyrrole nitrogens is 1. The number of aryl methyl sites for hydroxylation is 2. The van der Waals surface area contributed by atoms with Gasteiger partial charge in [0.15, 0.2) is 0 Å². The molecule has 1 heterocycles. The summed E-state index contributed by atoms with van der Waals surface area (Å²) in [6.07, 6.45) is 3.57. The largest absolute Gasteiger partial charge is 0.342 e. The maximum absolute atomic E-state index is 11.9. The van der Waals surface area contributed by atoms with Crippen LogP contribution in [0.4, 0.5) is 11.6 Å². The van der Waals surface area contributed by atoms with E-state index in [0.29, 0.717) is 11.6 Å². The summed E-state index contributed by atoms with van der Waals surface area (Å²) in [6, 6.07) is 7.50. The highest BCUT2D eigenvalue weighted by Gasteiger charge is 2.08. The fourth-order valence-corrected chi connectivity index (χ4v) is 2.53. The van der Waals surface area contributed by atoms with Gasteiger partial charge >= 0.3 is 0 Å². The predicted molar refractivity (Wildman–Crippen MR) is 105 cm³/mol. The van der Waals surface area contributed by atoms with Gasteiger partial charge in [-0.2, -0.15) is 5.10 Å². The van der Waals surface area contributed by atoms with E-state index in [9.17, 15) is 4.79 Å². The van der Waals surface area contributed by atoms with Crippen molar-refractivity contribution in [2.75, 3.05) is 23.4 Å². The van der Waals surface area contributed by atoms with Gasteiger partial charge in [-0.3, -0.25) is 15.2 Å². The van der Waals surface area contributed by atoms with Crippen molar-refractivity contribution < 1.29 is 0 Å². The number of aromatic amines is 1. The molecule has 0 saturated carbocycles. The molecule has 0 spiro atoms. The summed E-state index contributed by atoms with van der Waals surface area (Å²) < 4.78 is 0. The standard InChI is InChI=1S/C19H27N5O/c1-5-9-24(10-6-2)19-21-17(12-18(25)22-19)13-20-23-16-8-7-14(3)15(4)11-16/h7-8,11-13,23H,5-6,9-10H2,1-4H3,(H,21,22,25)/b20-13+.